The quantitative estimate of drug-likeness (QED) is 0.919. The molecule has 2 N–H and O–H groups in total. The molecule has 0 radical (unpaired) electrons. The molecule has 20 heavy (non-hydrogen) atoms. The maximum absolute atomic E-state index is 6.16. The lowest BCUT2D eigenvalue weighted by molar-refractivity contribution is -0.153. The molecule has 1 aliphatic carbocycles. The van der Waals surface area contributed by atoms with E-state index in [0.29, 0.717) is 6.54 Å². The van der Waals surface area contributed by atoms with Crippen LogP contribution in [0.5, 0.6) is 11.5 Å². The smallest absolute Gasteiger partial charge is 0.161 e. The number of rotatable bonds is 4. The van der Waals surface area contributed by atoms with Crippen molar-refractivity contribution in [2.45, 2.75) is 50.4 Å². The predicted octanol–water partition coefficient (Wildman–Crippen LogP) is 2.63. The predicted molar refractivity (Wildman–Crippen MR) is 77.1 cm³/mol. The Morgan fingerprint density at radius 2 is 2.20 bits per heavy atom. The largest absolute Gasteiger partial charge is 0.493 e. The molecule has 0 aromatic heterocycles. The highest BCUT2D eigenvalue weighted by Gasteiger charge is 2.43. The van der Waals surface area contributed by atoms with Crippen LogP contribution in [-0.4, -0.2) is 25.4 Å². The third-order valence-electron chi connectivity index (χ3n) is 4.47. The first-order valence-electron chi connectivity index (χ1n) is 7.42. The molecule has 4 nitrogen and oxygen atoms in total. The Labute approximate surface area is 120 Å². The lowest BCUT2D eigenvalue weighted by Gasteiger charge is -2.46. The summed E-state index contributed by atoms with van der Waals surface area (Å²) in [5, 5.41) is 0. The molecule has 1 atom stereocenters. The fraction of sp³-hybridized carbons (Fsp3) is 0.625. The first kappa shape index (κ1) is 13.7. The summed E-state index contributed by atoms with van der Waals surface area (Å²) in [5.41, 5.74) is 6.81. The summed E-state index contributed by atoms with van der Waals surface area (Å²) >= 11 is 0. The van der Waals surface area contributed by atoms with E-state index in [1.54, 1.807) is 7.11 Å². The molecule has 110 valence electrons. The standard InChI is InChI=1S/C16H23NO3/c1-18-15-9-12(11-17)3-4-14(15)20-13-5-8-19-16(10-13)6-2-7-16/h3-4,9,13H,2,5-8,10-11,17H2,1H3. The van der Waals surface area contributed by atoms with Crippen molar-refractivity contribution in [1.82, 2.24) is 0 Å². The summed E-state index contributed by atoms with van der Waals surface area (Å²) in [6.07, 6.45) is 5.80. The Bertz CT molecular complexity index is 471. The molecule has 3 rings (SSSR count). The van der Waals surface area contributed by atoms with E-state index in [1.807, 2.05) is 18.2 Å². The highest BCUT2D eigenvalue weighted by Crippen LogP contribution is 2.43. The molecular weight excluding hydrogens is 254 g/mol. The topological polar surface area (TPSA) is 53.7 Å². The van der Waals surface area contributed by atoms with Crippen molar-refractivity contribution in [2.75, 3.05) is 13.7 Å². The highest BCUT2D eigenvalue weighted by molar-refractivity contribution is 5.43. The number of hydrogen-bond acceptors (Lipinski definition) is 4. The molecule has 0 bridgehead atoms. The van der Waals surface area contributed by atoms with Crippen molar-refractivity contribution >= 4 is 0 Å². The zero-order valence-corrected chi connectivity index (χ0v) is 12.1. The fourth-order valence-corrected chi connectivity index (χ4v) is 3.12. The average Bonchev–Trinajstić information content (AvgIpc) is 2.46. The number of benzene rings is 1. The van der Waals surface area contributed by atoms with Crippen molar-refractivity contribution in [2.24, 2.45) is 5.73 Å². The van der Waals surface area contributed by atoms with Crippen molar-refractivity contribution in [3.8, 4) is 11.5 Å². The third-order valence-corrected chi connectivity index (χ3v) is 4.47. The lowest BCUT2D eigenvalue weighted by atomic mass is 9.74. The minimum atomic E-state index is 0.105. The Morgan fingerprint density at radius 1 is 1.35 bits per heavy atom. The second kappa shape index (κ2) is 5.62. The Kier molecular flexibility index (Phi) is 3.85. The van der Waals surface area contributed by atoms with Gasteiger partial charge in [-0.1, -0.05) is 6.07 Å². The summed E-state index contributed by atoms with van der Waals surface area (Å²) in [4.78, 5) is 0. The molecule has 1 spiro atoms. The molecule has 1 heterocycles. The van der Waals surface area contributed by atoms with Gasteiger partial charge in [0.1, 0.15) is 6.10 Å². The molecule has 2 fully saturated rings. The first-order chi connectivity index (χ1) is 9.74. The summed E-state index contributed by atoms with van der Waals surface area (Å²) in [7, 11) is 1.67. The highest BCUT2D eigenvalue weighted by atomic mass is 16.5. The van der Waals surface area contributed by atoms with E-state index >= 15 is 0 Å². The van der Waals surface area contributed by atoms with Crippen LogP contribution in [0.2, 0.25) is 0 Å². The van der Waals surface area contributed by atoms with E-state index in [2.05, 4.69) is 0 Å². The monoisotopic (exact) mass is 277 g/mol. The molecule has 1 aliphatic heterocycles. The van der Waals surface area contributed by atoms with Gasteiger partial charge >= 0.3 is 0 Å². The summed E-state index contributed by atoms with van der Waals surface area (Å²) in [6, 6.07) is 5.91. The van der Waals surface area contributed by atoms with Crippen molar-refractivity contribution in [1.29, 1.82) is 0 Å². The molecule has 1 aromatic carbocycles. The molecule has 1 saturated carbocycles. The van der Waals surface area contributed by atoms with Crippen molar-refractivity contribution < 1.29 is 14.2 Å². The van der Waals surface area contributed by atoms with Crippen LogP contribution in [0.25, 0.3) is 0 Å². The summed E-state index contributed by atoms with van der Waals surface area (Å²) in [6.45, 7) is 1.31. The van der Waals surface area contributed by atoms with E-state index in [1.165, 1.54) is 19.3 Å². The average molecular weight is 277 g/mol. The number of ether oxygens (including phenoxy) is 3. The van der Waals surface area contributed by atoms with Gasteiger partial charge in [0.25, 0.3) is 0 Å². The minimum Gasteiger partial charge on any atom is -0.493 e. The van der Waals surface area contributed by atoms with Gasteiger partial charge in [0.15, 0.2) is 11.5 Å². The van der Waals surface area contributed by atoms with Gasteiger partial charge in [0, 0.05) is 19.4 Å². The van der Waals surface area contributed by atoms with Crippen LogP contribution in [-0.2, 0) is 11.3 Å². The van der Waals surface area contributed by atoms with Crippen molar-refractivity contribution in [3.05, 3.63) is 23.8 Å². The number of nitrogens with two attached hydrogens (primary N) is 1. The van der Waals surface area contributed by atoms with Gasteiger partial charge in [-0.05, 0) is 37.0 Å². The Hall–Kier alpha value is -1.26. The molecule has 2 aliphatic rings. The van der Waals surface area contributed by atoms with Crippen LogP contribution < -0.4 is 15.2 Å². The zero-order chi connectivity index (χ0) is 14.0. The Morgan fingerprint density at radius 3 is 2.85 bits per heavy atom. The SMILES string of the molecule is COc1cc(CN)ccc1OC1CCOC2(CCC2)C1. The number of hydrogen-bond donors (Lipinski definition) is 1. The van der Waals surface area contributed by atoms with Crippen molar-refractivity contribution in [3.63, 3.8) is 0 Å². The van der Waals surface area contributed by atoms with Gasteiger partial charge in [0.05, 0.1) is 19.3 Å². The number of methoxy groups -OCH3 is 1. The second-order valence-electron chi connectivity index (χ2n) is 5.81. The van der Waals surface area contributed by atoms with E-state index in [0.717, 1.165) is 36.5 Å². The normalized spacial score (nSPS) is 24.2. The van der Waals surface area contributed by atoms with Gasteiger partial charge in [-0.15, -0.1) is 0 Å². The van der Waals surface area contributed by atoms with E-state index in [9.17, 15) is 0 Å². The zero-order valence-electron chi connectivity index (χ0n) is 12.1. The van der Waals surface area contributed by atoms with Gasteiger partial charge in [0.2, 0.25) is 0 Å². The summed E-state index contributed by atoms with van der Waals surface area (Å²) < 4.78 is 17.5. The van der Waals surface area contributed by atoms with Crippen LogP contribution in [0.1, 0.15) is 37.7 Å². The third kappa shape index (κ3) is 2.63. The fourth-order valence-electron chi connectivity index (χ4n) is 3.12. The van der Waals surface area contributed by atoms with Crippen LogP contribution in [0.4, 0.5) is 0 Å². The van der Waals surface area contributed by atoms with Crippen LogP contribution in [0.3, 0.4) is 0 Å². The minimum absolute atomic E-state index is 0.105. The Balaban J connectivity index is 1.70. The molecular formula is C16H23NO3. The van der Waals surface area contributed by atoms with Gasteiger partial charge < -0.3 is 19.9 Å². The van der Waals surface area contributed by atoms with Crippen LogP contribution in [0, 0.1) is 0 Å². The van der Waals surface area contributed by atoms with Gasteiger partial charge in [-0.3, -0.25) is 0 Å². The molecule has 1 aromatic rings. The van der Waals surface area contributed by atoms with Crippen LogP contribution >= 0.6 is 0 Å². The second-order valence-corrected chi connectivity index (χ2v) is 5.81. The molecule has 4 heteroatoms. The molecule has 1 saturated heterocycles. The molecule has 1 unspecified atom stereocenters. The van der Waals surface area contributed by atoms with E-state index < -0.39 is 0 Å². The van der Waals surface area contributed by atoms with Gasteiger partial charge in [-0.25, -0.2) is 0 Å². The first-order valence-corrected chi connectivity index (χ1v) is 7.42. The lowest BCUT2D eigenvalue weighted by Crippen LogP contribution is -2.48. The maximum atomic E-state index is 6.16. The summed E-state index contributed by atoms with van der Waals surface area (Å²) in [5.74, 6) is 1.58. The molecule has 0 amide bonds. The van der Waals surface area contributed by atoms with Crippen LogP contribution in [0.15, 0.2) is 18.2 Å². The van der Waals surface area contributed by atoms with E-state index in [-0.39, 0.29) is 11.7 Å². The van der Waals surface area contributed by atoms with Gasteiger partial charge in [-0.2, -0.15) is 0 Å². The maximum Gasteiger partial charge on any atom is 0.161 e. The van der Waals surface area contributed by atoms with E-state index in [4.69, 9.17) is 19.9 Å².